The fourth-order valence-electron chi connectivity index (χ4n) is 2.92. The molecule has 22 heavy (non-hydrogen) atoms. The summed E-state index contributed by atoms with van der Waals surface area (Å²) in [4.78, 5) is 33.1. The molecule has 6 nitrogen and oxygen atoms in total. The first-order valence-corrected chi connectivity index (χ1v) is 7.92. The van der Waals surface area contributed by atoms with Gasteiger partial charge in [-0.3, -0.25) is 4.79 Å². The zero-order valence-corrected chi connectivity index (χ0v) is 12.9. The monoisotopic (exact) mass is 302 g/mol. The summed E-state index contributed by atoms with van der Waals surface area (Å²) in [6.45, 7) is 5.30. The highest BCUT2D eigenvalue weighted by Crippen LogP contribution is 2.20. The minimum Gasteiger partial charge on any atom is -0.368 e. The lowest BCUT2D eigenvalue weighted by molar-refractivity contribution is -0.131. The van der Waals surface area contributed by atoms with E-state index in [0.29, 0.717) is 6.42 Å². The van der Waals surface area contributed by atoms with E-state index >= 15 is 0 Å². The number of carbonyl (C=O) groups is 1. The summed E-state index contributed by atoms with van der Waals surface area (Å²) in [5.41, 5.74) is 2.55. The van der Waals surface area contributed by atoms with Crippen LogP contribution in [0.25, 0.3) is 11.0 Å². The number of H-pyrrole nitrogens is 2. The third kappa shape index (κ3) is 3.00. The number of benzene rings is 1. The number of anilines is 1. The molecule has 2 aromatic rings. The second-order valence-corrected chi connectivity index (χ2v) is 5.78. The number of hydrogen-bond acceptors (Lipinski definition) is 3. The topological polar surface area (TPSA) is 72.2 Å². The van der Waals surface area contributed by atoms with Crippen LogP contribution in [0.15, 0.2) is 23.0 Å². The number of nitrogens with one attached hydrogen (secondary N) is 2. The Kier molecular flexibility index (Phi) is 4.18. The van der Waals surface area contributed by atoms with Crippen LogP contribution in [0.4, 0.5) is 5.69 Å². The van der Waals surface area contributed by atoms with Gasteiger partial charge in [-0.15, -0.1) is 0 Å². The molecule has 0 saturated carbocycles. The van der Waals surface area contributed by atoms with Gasteiger partial charge < -0.3 is 19.8 Å². The zero-order chi connectivity index (χ0) is 15.5. The number of carbonyl (C=O) groups excluding carboxylic acids is 1. The lowest BCUT2D eigenvalue weighted by Gasteiger charge is -2.36. The summed E-state index contributed by atoms with van der Waals surface area (Å²) < 4.78 is 0. The summed E-state index contributed by atoms with van der Waals surface area (Å²) in [5, 5.41) is 0. The third-order valence-electron chi connectivity index (χ3n) is 4.24. The van der Waals surface area contributed by atoms with Crippen LogP contribution in [-0.4, -0.2) is 47.0 Å². The largest absolute Gasteiger partial charge is 0.368 e. The summed E-state index contributed by atoms with van der Waals surface area (Å²) in [6.07, 6.45) is 2.68. The summed E-state index contributed by atoms with van der Waals surface area (Å²) in [5.74, 6) is 0.270. The molecular formula is C16H22N4O2. The molecule has 1 aromatic heterocycles. The van der Waals surface area contributed by atoms with E-state index in [2.05, 4.69) is 21.8 Å². The minimum absolute atomic E-state index is 0.182. The molecule has 0 unspecified atom stereocenters. The van der Waals surface area contributed by atoms with Gasteiger partial charge in [0.2, 0.25) is 5.91 Å². The zero-order valence-electron chi connectivity index (χ0n) is 12.9. The van der Waals surface area contributed by atoms with Crippen molar-refractivity contribution in [3.63, 3.8) is 0 Å². The Labute approximate surface area is 129 Å². The molecule has 118 valence electrons. The maximum atomic E-state index is 12.0. The molecule has 0 aliphatic carbocycles. The van der Waals surface area contributed by atoms with Gasteiger partial charge in [0.1, 0.15) is 0 Å². The number of fused-ring (bicyclic) bond motifs is 1. The van der Waals surface area contributed by atoms with Crippen molar-refractivity contribution in [2.24, 2.45) is 0 Å². The van der Waals surface area contributed by atoms with E-state index in [0.717, 1.165) is 55.7 Å². The van der Waals surface area contributed by atoms with Gasteiger partial charge in [0.15, 0.2) is 0 Å². The third-order valence-corrected chi connectivity index (χ3v) is 4.24. The first-order chi connectivity index (χ1) is 10.7. The van der Waals surface area contributed by atoms with Gasteiger partial charge >= 0.3 is 5.69 Å². The van der Waals surface area contributed by atoms with Gasteiger partial charge in [-0.25, -0.2) is 4.79 Å². The molecule has 2 heterocycles. The fraction of sp³-hybridized carbons (Fsp3) is 0.500. The van der Waals surface area contributed by atoms with Crippen LogP contribution in [0.2, 0.25) is 0 Å². The Bertz CT molecular complexity index is 710. The van der Waals surface area contributed by atoms with Crippen LogP contribution in [0.3, 0.4) is 0 Å². The number of unbranched alkanes of at least 4 members (excludes halogenated alkanes) is 1. The SMILES string of the molecule is CCCCC(=O)N1CCN(c2ccc3[nH]c(=O)[nH]c3c2)CC1. The lowest BCUT2D eigenvalue weighted by atomic mass is 10.2. The molecule has 1 aromatic carbocycles. The first kappa shape index (κ1) is 14.7. The second-order valence-electron chi connectivity index (χ2n) is 5.78. The van der Waals surface area contributed by atoms with Crippen molar-refractivity contribution in [1.82, 2.24) is 14.9 Å². The Morgan fingerprint density at radius 1 is 1.14 bits per heavy atom. The molecule has 0 radical (unpaired) electrons. The highest BCUT2D eigenvalue weighted by Gasteiger charge is 2.21. The number of aromatic nitrogens is 2. The molecule has 1 aliphatic rings. The van der Waals surface area contributed by atoms with Gasteiger partial charge in [0.05, 0.1) is 11.0 Å². The lowest BCUT2D eigenvalue weighted by Crippen LogP contribution is -2.48. The number of imidazole rings is 1. The molecule has 0 bridgehead atoms. The van der Waals surface area contributed by atoms with Crippen molar-refractivity contribution in [3.8, 4) is 0 Å². The van der Waals surface area contributed by atoms with Crippen molar-refractivity contribution < 1.29 is 4.79 Å². The van der Waals surface area contributed by atoms with Crippen molar-refractivity contribution >= 4 is 22.6 Å². The van der Waals surface area contributed by atoms with Gasteiger partial charge in [-0.1, -0.05) is 13.3 Å². The summed E-state index contributed by atoms with van der Waals surface area (Å²) >= 11 is 0. The van der Waals surface area contributed by atoms with Gasteiger partial charge in [-0.2, -0.15) is 0 Å². The van der Waals surface area contributed by atoms with Crippen LogP contribution in [0.5, 0.6) is 0 Å². The van der Waals surface area contributed by atoms with Crippen LogP contribution < -0.4 is 10.6 Å². The van der Waals surface area contributed by atoms with E-state index in [9.17, 15) is 9.59 Å². The molecular weight excluding hydrogens is 280 g/mol. The molecule has 1 fully saturated rings. The maximum Gasteiger partial charge on any atom is 0.323 e. The predicted molar refractivity (Wildman–Crippen MR) is 87.2 cm³/mol. The molecule has 0 atom stereocenters. The molecule has 1 aliphatic heterocycles. The van der Waals surface area contributed by atoms with E-state index in [1.807, 2.05) is 23.1 Å². The number of hydrogen-bond donors (Lipinski definition) is 2. The van der Waals surface area contributed by atoms with E-state index in [1.54, 1.807) is 0 Å². The van der Waals surface area contributed by atoms with Crippen molar-refractivity contribution in [2.45, 2.75) is 26.2 Å². The van der Waals surface area contributed by atoms with E-state index in [4.69, 9.17) is 0 Å². The molecule has 6 heteroatoms. The number of rotatable bonds is 4. The summed E-state index contributed by atoms with van der Waals surface area (Å²) in [6, 6.07) is 5.92. The van der Waals surface area contributed by atoms with Crippen LogP contribution in [0.1, 0.15) is 26.2 Å². The second kappa shape index (κ2) is 6.25. The highest BCUT2D eigenvalue weighted by molar-refractivity contribution is 5.79. The normalized spacial score (nSPS) is 15.5. The minimum atomic E-state index is -0.182. The molecule has 3 rings (SSSR count). The maximum absolute atomic E-state index is 12.0. The van der Waals surface area contributed by atoms with Crippen LogP contribution >= 0.6 is 0 Å². The number of aromatic amines is 2. The van der Waals surface area contributed by atoms with Crippen LogP contribution in [-0.2, 0) is 4.79 Å². The smallest absolute Gasteiger partial charge is 0.323 e. The highest BCUT2D eigenvalue weighted by atomic mass is 16.2. The van der Waals surface area contributed by atoms with E-state index in [-0.39, 0.29) is 11.6 Å². The van der Waals surface area contributed by atoms with Gasteiger partial charge in [0, 0.05) is 38.3 Å². The quantitative estimate of drug-likeness (QED) is 0.903. The molecule has 1 amide bonds. The molecule has 2 N–H and O–H groups in total. The Balaban J connectivity index is 1.64. The average Bonchev–Trinajstić information content (AvgIpc) is 2.91. The fourth-order valence-corrected chi connectivity index (χ4v) is 2.92. The molecule has 1 saturated heterocycles. The van der Waals surface area contributed by atoms with Crippen molar-refractivity contribution in [2.75, 3.05) is 31.1 Å². The predicted octanol–water partition coefficient (Wildman–Crippen LogP) is 1.69. The van der Waals surface area contributed by atoms with E-state index < -0.39 is 0 Å². The van der Waals surface area contributed by atoms with E-state index in [1.165, 1.54) is 0 Å². The molecule has 0 spiro atoms. The number of nitrogens with zero attached hydrogens (tertiary/aromatic N) is 2. The van der Waals surface area contributed by atoms with Crippen molar-refractivity contribution in [3.05, 3.63) is 28.7 Å². The van der Waals surface area contributed by atoms with Gasteiger partial charge in [-0.05, 0) is 24.6 Å². The average molecular weight is 302 g/mol. The summed E-state index contributed by atoms with van der Waals surface area (Å²) in [7, 11) is 0. The van der Waals surface area contributed by atoms with Crippen LogP contribution in [0, 0.1) is 0 Å². The Morgan fingerprint density at radius 3 is 2.59 bits per heavy atom. The first-order valence-electron chi connectivity index (χ1n) is 7.92. The Hall–Kier alpha value is -2.24. The van der Waals surface area contributed by atoms with Crippen molar-refractivity contribution in [1.29, 1.82) is 0 Å². The standard InChI is InChI=1S/C16H22N4O2/c1-2-3-4-15(21)20-9-7-19(8-10-20)12-5-6-13-14(11-12)18-16(22)17-13/h5-6,11H,2-4,7-10H2,1H3,(H2,17,18,22). The number of piperazine rings is 1. The Morgan fingerprint density at radius 2 is 1.86 bits per heavy atom. The number of amides is 1. The van der Waals surface area contributed by atoms with Gasteiger partial charge in [0.25, 0.3) is 0 Å².